The van der Waals surface area contributed by atoms with Crippen molar-refractivity contribution in [2.45, 2.75) is 84.5 Å². The van der Waals surface area contributed by atoms with Crippen molar-refractivity contribution in [2.24, 2.45) is 0 Å². The molecule has 5 heteroatoms. The molecule has 5 nitrogen and oxygen atoms in total. The Hall–Kier alpha value is -2.40. The number of hydrogen-bond donors (Lipinski definition) is 0. The topological polar surface area (TPSA) is 53.5 Å². The lowest BCUT2D eigenvalue weighted by Gasteiger charge is -2.07. The van der Waals surface area contributed by atoms with Crippen molar-refractivity contribution in [3.05, 3.63) is 48.8 Å². The first kappa shape index (κ1) is 27.8. The molecule has 0 spiro atoms. The predicted octanol–water partition coefficient (Wildman–Crippen LogP) is 7.80. The molecule has 1 aromatic heterocycles. The molecule has 1 heterocycles. The van der Waals surface area contributed by atoms with Crippen molar-refractivity contribution < 1.29 is 14.2 Å². The van der Waals surface area contributed by atoms with Gasteiger partial charge in [0.25, 0.3) is 0 Å². The van der Waals surface area contributed by atoms with E-state index in [4.69, 9.17) is 14.2 Å². The SMILES string of the molecule is CCCCCCC/C=C/COc1ccc(-c2ncc(OCCCCOCCCCC)cn2)cc1. The maximum absolute atomic E-state index is 5.80. The molecular formula is C29H44N2O3. The Balaban J connectivity index is 1.60. The van der Waals surface area contributed by atoms with Crippen LogP contribution in [0.3, 0.4) is 0 Å². The summed E-state index contributed by atoms with van der Waals surface area (Å²) in [6, 6.07) is 7.91. The van der Waals surface area contributed by atoms with E-state index in [2.05, 4.69) is 36.0 Å². The van der Waals surface area contributed by atoms with Crippen molar-refractivity contribution >= 4 is 0 Å². The van der Waals surface area contributed by atoms with E-state index in [-0.39, 0.29) is 0 Å². The summed E-state index contributed by atoms with van der Waals surface area (Å²) in [5.41, 5.74) is 0.960. The summed E-state index contributed by atoms with van der Waals surface area (Å²) in [6.07, 6.45) is 21.1. The Labute approximate surface area is 207 Å². The van der Waals surface area contributed by atoms with Gasteiger partial charge in [-0.3, -0.25) is 0 Å². The number of hydrogen-bond acceptors (Lipinski definition) is 5. The molecule has 0 unspecified atom stereocenters. The standard InChI is InChI=1S/C29H44N2O3/c1-3-5-7-8-9-10-11-13-22-33-27-18-16-26(17-19-27)29-30-24-28(25-31-29)34-23-15-14-21-32-20-12-6-4-2/h11,13,16-19,24-25H,3-10,12,14-15,20-23H2,1-2H3/b13-11+. The first-order chi connectivity index (χ1) is 16.8. The molecule has 0 bridgehead atoms. The maximum atomic E-state index is 5.80. The highest BCUT2D eigenvalue weighted by molar-refractivity contribution is 5.56. The molecule has 0 atom stereocenters. The Morgan fingerprint density at radius 3 is 2.03 bits per heavy atom. The molecule has 0 radical (unpaired) electrons. The summed E-state index contributed by atoms with van der Waals surface area (Å²) < 4.78 is 17.2. The minimum atomic E-state index is 0.599. The third-order valence-corrected chi connectivity index (χ3v) is 5.57. The molecule has 0 N–H and O–H groups in total. The van der Waals surface area contributed by atoms with Crippen LogP contribution in [-0.4, -0.2) is 36.4 Å². The van der Waals surface area contributed by atoms with E-state index in [0.29, 0.717) is 24.8 Å². The van der Waals surface area contributed by atoms with Gasteiger partial charge in [0.1, 0.15) is 12.4 Å². The molecule has 1 aromatic carbocycles. The van der Waals surface area contributed by atoms with Crippen LogP contribution in [0.5, 0.6) is 11.5 Å². The summed E-state index contributed by atoms with van der Waals surface area (Å²) in [7, 11) is 0. The average Bonchev–Trinajstić information content (AvgIpc) is 2.87. The van der Waals surface area contributed by atoms with Gasteiger partial charge in [-0.25, -0.2) is 9.97 Å². The van der Waals surface area contributed by atoms with Crippen LogP contribution in [0.4, 0.5) is 0 Å². The molecule has 0 saturated heterocycles. The molecular weight excluding hydrogens is 424 g/mol. The van der Waals surface area contributed by atoms with Gasteiger partial charge >= 0.3 is 0 Å². The van der Waals surface area contributed by atoms with E-state index < -0.39 is 0 Å². The van der Waals surface area contributed by atoms with Gasteiger partial charge in [-0.15, -0.1) is 0 Å². The molecule has 2 aromatic rings. The molecule has 0 aliphatic rings. The zero-order valence-corrected chi connectivity index (χ0v) is 21.3. The van der Waals surface area contributed by atoms with Crippen LogP contribution < -0.4 is 9.47 Å². The van der Waals surface area contributed by atoms with Crippen LogP contribution in [0.1, 0.15) is 84.5 Å². The Bertz CT molecular complexity index is 760. The third-order valence-electron chi connectivity index (χ3n) is 5.57. The summed E-state index contributed by atoms with van der Waals surface area (Å²) in [6.45, 7) is 7.38. The lowest BCUT2D eigenvalue weighted by atomic mass is 10.1. The smallest absolute Gasteiger partial charge is 0.159 e. The largest absolute Gasteiger partial charge is 0.490 e. The Morgan fingerprint density at radius 2 is 1.29 bits per heavy atom. The van der Waals surface area contributed by atoms with Crippen LogP contribution in [0.15, 0.2) is 48.8 Å². The number of unbranched alkanes of at least 4 members (excludes halogenated alkanes) is 8. The monoisotopic (exact) mass is 468 g/mol. The van der Waals surface area contributed by atoms with Crippen molar-refractivity contribution in [1.29, 1.82) is 0 Å². The van der Waals surface area contributed by atoms with Crippen molar-refractivity contribution in [3.8, 4) is 22.9 Å². The van der Waals surface area contributed by atoms with Crippen LogP contribution in [0.25, 0.3) is 11.4 Å². The molecule has 34 heavy (non-hydrogen) atoms. The molecule has 0 fully saturated rings. The van der Waals surface area contributed by atoms with E-state index in [1.807, 2.05) is 24.3 Å². The minimum absolute atomic E-state index is 0.599. The van der Waals surface area contributed by atoms with E-state index in [0.717, 1.165) is 50.2 Å². The first-order valence-electron chi connectivity index (χ1n) is 13.2. The number of aromatic nitrogens is 2. The van der Waals surface area contributed by atoms with Gasteiger partial charge < -0.3 is 14.2 Å². The third kappa shape index (κ3) is 12.7. The highest BCUT2D eigenvalue weighted by Gasteiger charge is 2.03. The highest BCUT2D eigenvalue weighted by Crippen LogP contribution is 2.20. The zero-order valence-electron chi connectivity index (χ0n) is 21.3. The van der Waals surface area contributed by atoms with Crippen molar-refractivity contribution in [3.63, 3.8) is 0 Å². The summed E-state index contributed by atoms with van der Waals surface area (Å²) in [5.74, 6) is 2.23. The number of nitrogens with zero attached hydrogens (tertiary/aromatic N) is 2. The van der Waals surface area contributed by atoms with Gasteiger partial charge in [-0.1, -0.05) is 64.5 Å². The van der Waals surface area contributed by atoms with Crippen LogP contribution in [0, 0.1) is 0 Å². The quantitative estimate of drug-likeness (QED) is 0.146. The molecule has 0 saturated carbocycles. The number of benzene rings is 1. The Kier molecular flexibility index (Phi) is 15.5. The molecule has 0 amide bonds. The fourth-order valence-corrected chi connectivity index (χ4v) is 3.49. The lowest BCUT2D eigenvalue weighted by Crippen LogP contribution is -2.02. The second-order valence-electron chi connectivity index (χ2n) is 8.63. The van der Waals surface area contributed by atoms with E-state index in [9.17, 15) is 0 Å². The van der Waals surface area contributed by atoms with Gasteiger partial charge in [0.05, 0.1) is 19.0 Å². The molecule has 2 rings (SSSR count). The highest BCUT2D eigenvalue weighted by atomic mass is 16.5. The molecule has 188 valence electrons. The molecule has 0 aliphatic carbocycles. The fraction of sp³-hybridized carbons (Fsp3) is 0.586. The van der Waals surface area contributed by atoms with Gasteiger partial charge in [0.15, 0.2) is 11.6 Å². The van der Waals surface area contributed by atoms with Crippen molar-refractivity contribution in [1.82, 2.24) is 9.97 Å². The van der Waals surface area contributed by atoms with E-state index in [1.165, 1.54) is 44.9 Å². The number of allylic oxidation sites excluding steroid dienone is 1. The lowest BCUT2D eigenvalue weighted by molar-refractivity contribution is 0.122. The van der Waals surface area contributed by atoms with Crippen LogP contribution in [0.2, 0.25) is 0 Å². The van der Waals surface area contributed by atoms with Gasteiger partial charge in [0, 0.05) is 18.8 Å². The fourth-order valence-electron chi connectivity index (χ4n) is 3.49. The van der Waals surface area contributed by atoms with Gasteiger partial charge in [0.2, 0.25) is 0 Å². The van der Waals surface area contributed by atoms with Crippen molar-refractivity contribution in [2.75, 3.05) is 26.4 Å². The second kappa shape index (κ2) is 19.0. The maximum Gasteiger partial charge on any atom is 0.159 e. The normalized spacial score (nSPS) is 11.2. The first-order valence-corrected chi connectivity index (χ1v) is 13.2. The summed E-state index contributed by atoms with van der Waals surface area (Å²) in [5, 5.41) is 0. The predicted molar refractivity (Wildman–Crippen MR) is 141 cm³/mol. The molecule has 0 aliphatic heterocycles. The van der Waals surface area contributed by atoms with Crippen LogP contribution in [-0.2, 0) is 4.74 Å². The van der Waals surface area contributed by atoms with Crippen LogP contribution >= 0.6 is 0 Å². The van der Waals surface area contributed by atoms with Gasteiger partial charge in [-0.2, -0.15) is 0 Å². The average molecular weight is 469 g/mol. The van der Waals surface area contributed by atoms with E-state index >= 15 is 0 Å². The number of rotatable bonds is 20. The summed E-state index contributed by atoms with van der Waals surface area (Å²) >= 11 is 0. The minimum Gasteiger partial charge on any atom is -0.490 e. The second-order valence-corrected chi connectivity index (χ2v) is 8.63. The number of ether oxygens (including phenoxy) is 3. The zero-order chi connectivity index (χ0) is 24.1. The summed E-state index contributed by atoms with van der Waals surface area (Å²) in [4.78, 5) is 8.89. The Morgan fingerprint density at radius 1 is 0.647 bits per heavy atom. The van der Waals surface area contributed by atoms with Gasteiger partial charge in [-0.05, 0) is 56.4 Å². The van der Waals surface area contributed by atoms with E-state index in [1.54, 1.807) is 12.4 Å².